The number of nitrogens with zero attached hydrogens (tertiary/aromatic N) is 1. The molecule has 0 N–H and O–H groups in total. The fourth-order valence-electron chi connectivity index (χ4n) is 2.73. The van der Waals surface area contributed by atoms with Gasteiger partial charge in [0.25, 0.3) is 5.91 Å². The Hall–Kier alpha value is -2.67. The van der Waals surface area contributed by atoms with Gasteiger partial charge in [-0.25, -0.2) is 0 Å². The number of amides is 1. The Balaban J connectivity index is 2.00. The molecule has 1 aliphatic heterocycles. The molecule has 3 rings (SSSR count). The molecule has 0 saturated carbocycles. The van der Waals surface area contributed by atoms with E-state index in [9.17, 15) is 9.59 Å². The first-order valence-electron chi connectivity index (χ1n) is 7.50. The van der Waals surface area contributed by atoms with Gasteiger partial charge in [0.1, 0.15) is 12.3 Å². The standard InChI is InChI=1S/C18H17NO5S/c1-22-14-8-11(9-15(23-2)17(14)24-3)18(21)19-13(10-20)12-6-4-5-7-16(12)25-19/h4-10,13H,1-3H3. The minimum atomic E-state index is -0.632. The van der Waals surface area contributed by atoms with Gasteiger partial charge in [0.05, 0.1) is 21.3 Å². The fourth-order valence-corrected chi connectivity index (χ4v) is 3.84. The average Bonchev–Trinajstić information content (AvgIpc) is 3.04. The Morgan fingerprint density at radius 3 is 2.28 bits per heavy atom. The predicted octanol–water partition coefficient (Wildman–Crippen LogP) is 3.12. The van der Waals surface area contributed by atoms with Crippen molar-refractivity contribution in [1.82, 2.24) is 4.31 Å². The highest BCUT2D eigenvalue weighted by atomic mass is 32.2. The van der Waals surface area contributed by atoms with Gasteiger partial charge in [-0.05, 0) is 35.7 Å². The van der Waals surface area contributed by atoms with Gasteiger partial charge < -0.3 is 19.0 Å². The van der Waals surface area contributed by atoms with Gasteiger partial charge in [0, 0.05) is 10.5 Å². The quantitative estimate of drug-likeness (QED) is 0.604. The Morgan fingerprint density at radius 1 is 1.08 bits per heavy atom. The van der Waals surface area contributed by atoms with E-state index < -0.39 is 6.04 Å². The highest BCUT2D eigenvalue weighted by Gasteiger charge is 2.35. The summed E-state index contributed by atoms with van der Waals surface area (Å²) in [5.74, 6) is 0.868. The van der Waals surface area contributed by atoms with Crippen molar-refractivity contribution in [2.45, 2.75) is 10.9 Å². The van der Waals surface area contributed by atoms with Crippen molar-refractivity contribution in [3.05, 3.63) is 47.5 Å². The number of methoxy groups -OCH3 is 3. The summed E-state index contributed by atoms with van der Waals surface area (Å²) in [6.07, 6.45) is 0.773. The number of hydrogen-bond acceptors (Lipinski definition) is 6. The van der Waals surface area contributed by atoms with Crippen molar-refractivity contribution >= 4 is 24.1 Å². The van der Waals surface area contributed by atoms with E-state index in [4.69, 9.17) is 14.2 Å². The van der Waals surface area contributed by atoms with E-state index in [-0.39, 0.29) is 5.91 Å². The van der Waals surface area contributed by atoms with Crippen LogP contribution in [0, 0.1) is 0 Å². The molecule has 130 valence electrons. The third-order valence-corrected chi connectivity index (χ3v) is 5.09. The van der Waals surface area contributed by atoms with Crippen molar-refractivity contribution < 1.29 is 23.8 Å². The van der Waals surface area contributed by atoms with Crippen molar-refractivity contribution in [3.63, 3.8) is 0 Å². The monoisotopic (exact) mass is 359 g/mol. The maximum absolute atomic E-state index is 13.0. The molecular formula is C18H17NO5S. The van der Waals surface area contributed by atoms with Gasteiger partial charge >= 0.3 is 0 Å². The molecule has 1 amide bonds. The molecule has 1 unspecified atom stereocenters. The van der Waals surface area contributed by atoms with Crippen LogP contribution >= 0.6 is 11.9 Å². The van der Waals surface area contributed by atoms with Crippen LogP contribution < -0.4 is 14.2 Å². The van der Waals surface area contributed by atoms with Crippen LogP contribution in [0.5, 0.6) is 17.2 Å². The molecule has 1 aliphatic rings. The lowest BCUT2D eigenvalue weighted by atomic mass is 10.1. The van der Waals surface area contributed by atoms with Crippen molar-refractivity contribution in [3.8, 4) is 17.2 Å². The summed E-state index contributed by atoms with van der Waals surface area (Å²) in [6.45, 7) is 0. The maximum Gasteiger partial charge on any atom is 0.265 e. The van der Waals surface area contributed by atoms with Crippen LogP contribution in [-0.4, -0.2) is 37.8 Å². The fraction of sp³-hybridized carbons (Fsp3) is 0.222. The molecule has 0 saturated heterocycles. The molecule has 0 bridgehead atoms. The van der Waals surface area contributed by atoms with Gasteiger partial charge in [0.2, 0.25) is 5.75 Å². The SMILES string of the molecule is COc1cc(C(=O)N2Sc3ccccc3C2C=O)cc(OC)c1OC. The first kappa shape index (κ1) is 17.2. The minimum absolute atomic E-state index is 0.308. The van der Waals surface area contributed by atoms with E-state index in [1.165, 1.54) is 37.6 Å². The smallest absolute Gasteiger partial charge is 0.265 e. The summed E-state index contributed by atoms with van der Waals surface area (Å²) in [6, 6.07) is 9.99. The number of fused-ring (bicyclic) bond motifs is 1. The predicted molar refractivity (Wildman–Crippen MR) is 93.4 cm³/mol. The van der Waals surface area contributed by atoms with E-state index >= 15 is 0 Å². The third-order valence-electron chi connectivity index (χ3n) is 3.93. The molecule has 0 spiro atoms. The van der Waals surface area contributed by atoms with Crippen molar-refractivity contribution in [2.24, 2.45) is 0 Å². The van der Waals surface area contributed by atoms with E-state index in [1.54, 1.807) is 12.1 Å². The molecule has 0 radical (unpaired) electrons. The average molecular weight is 359 g/mol. The summed E-state index contributed by atoms with van der Waals surface area (Å²) in [4.78, 5) is 25.5. The lowest BCUT2D eigenvalue weighted by Gasteiger charge is -2.20. The molecule has 0 aliphatic carbocycles. The van der Waals surface area contributed by atoms with Gasteiger partial charge in [-0.2, -0.15) is 0 Å². The molecule has 0 fully saturated rings. The van der Waals surface area contributed by atoms with Crippen LogP contribution in [-0.2, 0) is 4.79 Å². The normalized spacial score (nSPS) is 15.5. The second-order valence-electron chi connectivity index (χ2n) is 5.25. The maximum atomic E-state index is 13.0. The van der Waals surface area contributed by atoms with Gasteiger partial charge in [0.15, 0.2) is 11.5 Å². The number of aldehydes is 1. The summed E-state index contributed by atoms with van der Waals surface area (Å²) in [5, 5.41) is 0. The van der Waals surface area contributed by atoms with Gasteiger partial charge in [-0.15, -0.1) is 0 Å². The highest BCUT2D eigenvalue weighted by Crippen LogP contribution is 2.45. The summed E-state index contributed by atoms with van der Waals surface area (Å²) in [7, 11) is 4.47. The Kier molecular flexibility index (Phi) is 4.85. The summed E-state index contributed by atoms with van der Waals surface area (Å²) in [5.41, 5.74) is 1.17. The Bertz CT molecular complexity index is 798. The lowest BCUT2D eigenvalue weighted by molar-refractivity contribution is -0.110. The van der Waals surface area contributed by atoms with E-state index in [2.05, 4.69) is 0 Å². The van der Waals surface area contributed by atoms with E-state index in [1.807, 2.05) is 24.3 Å². The van der Waals surface area contributed by atoms with Gasteiger partial charge in [-0.1, -0.05) is 18.2 Å². The molecule has 25 heavy (non-hydrogen) atoms. The van der Waals surface area contributed by atoms with Crippen LogP contribution in [0.15, 0.2) is 41.3 Å². The second-order valence-corrected chi connectivity index (χ2v) is 6.27. The molecule has 6 nitrogen and oxygen atoms in total. The molecule has 7 heteroatoms. The highest BCUT2D eigenvalue weighted by molar-refractivity contribution is 7.98. The van der Waals surface area contributed by atoms with Crippen LogP contribution in [0.2, 0.25) is 0 Å². The van der Waals surface area contributed by atoms with E-state index in [0.29, 0.717) is 22.8 Å². The number of benzene rings is 2. The zero-order valence-corrected chi connectivity index (χ0v) is 14.8. The Labute approximate surface area is 149 Å². The van der Waals surface area contributed by atoms with Crippen LogP contribution in [0.3, 0.4) is 0 Å². The molecule has 2 aromatic carbocycles. The zero-order valence-electron chi connectivity index (χ0n) is 14.0. The number of carbonyl (C=O) groups excluding carboxylic acids is 2. The largest absolute Gasteiger partial charge is 0.493 e. The van der Waals surface area contributed by atoms with Crippen molar-refractivity contribution in [2.75, 3.05) is 21.3 Å². The molecular weight excluding hydrogens is 342 g/mol. The summed E-state index contributed by atoms with van der Waals surface area (Å²) >= 11 is 1.25. The van der Waals surface area contributed by atoms with Gasteiger partial charge in [-0.3, -0.25) is 9.10 Å². The first-order valence-corrected chi connectivity index (χ1v) is 8.27. The van der Waals surface area contributed by atoms with Crippen molar-refractivity contribution in [1.29, 1.82) is 0 Å². The van der Waals surface area contributed by atoms with Crippen LogP contribution in [0.4, 0.5) is 0 Å². The number of carbonyl (C=O) groups is 2. The number of hydrogen-bond donors (Lipinski definition) is 0. The lowest BCUT2D eigenvalue weighted by Crippen LogP contribution is -2.26. The first-order chi connectivity index (χ1) is 12.1. The van der Waals surface area contributed by atoms with Crippen LogP contribution in [0.25, 0.3) is 0 Å². The third kappa shape index (κ3) is 2.91. The molecule has 2 aromatic rings. The Morgan fingerprint density at radius 2 is 1.72 bits per heavy atom. The zero-order chi connectivity index (χ0) is 18.0. The topological polar surface area (TPSA) is 65.1 Å². The molecule has 1 heterocycles. The minimum Gasteiger partial charge on any atom is -0.493 e. The number of rotatable bonds is 5. The second kappa shape index (κ2) is 7.06. The molecule has 1 atom stereocenters. The summed E-state index contributed by atoms with van der Waals surface area (Å²) < 4.78 is 17.3. The number of ether oxygens (including phenoxy) is 3. The molecule has 0 aromatic heterocycles. The van der Waals surface area contributed by atoms with E-state index in [0.717, 1.165) is 16.7 Å². The van der Waals surface area contributed by atoms with Crippen LogP contribution in [0.1, 0.15) is 22.0 Å².